The number of hydrazone groups is 1. The molecule has 0 aliphatic carbocycles. The standard InChI is InChI=1S/C17H16ClN7O3/c1-10-12(15(18)25(24-10)11-5-3-2-4-6-11)9-19-22-14(26)8-7-13-16(27)20-17(28)23-21-13/h2-6,9H,7-8H2,1H3,(H,22,26)(H2,20,23,27,28)/b19-9-. The molecule has 0 radical (unpaired) electrons. The van der Waals surface area contributed by atoms with Gasteiger partial charge in [-0.05, 0) is 19.1 Å². The van der Waals surface area contributed by atoms with Crippen LogP contribution in [0.2, 0.25) is 5.15 Å². The van der Waals surface area contributed by atoms with Crippen molar-refractivity contribution in [1.82, 2.24) is 30.4 Å². The quantitative estimate of drug-likeness (QED) is 0.412. The van der Waals surface area contributed by atoms with Crippen LogP contribution in [0.1, 0.15) is 23.4 Å². The summed E-state index contributed by atoms with van der Waals surface area (Å²) in [4.78, 5) is 36.4. The Bertz CT molecular complexity index is 1130. The minimum Gasteiger partial charge on any atom is -0.273 e. The van der Waals surface area contributed by atoms with Crippen LogP contribution < -0.4 is 16.7 Å². The molecule has 1 aromatic carbocycles. The third-order valence-corrected chi connectivity index (χ3v) is 4.17. The average molecular weight is 402 g/mol. The van der Waals surface area contributed by atoms with Gasteiger partial charge in [-0.2, -0.15) is 15.3 Å². The van der Waals surface area contributed by atoms with E-state index < -0.39 is 17.2 Å². The lowest BCUT2D eigenvalue weighted by atomic mass is 10.2. The van der Waals surface area contributed by atoms with Crippen LogP contribution in [0.5, 0.6) is 0 Å². The molecule has 0 saturated carbocycles. The number of carbonyl (C=O) groups is 1. The van der Waals surface area contributed by atoms with Gasteiger partial charge in [0.25, 0.3) is 5.56 Å². The van der Waals surface area contributed by atoms with Gasteiger partial charge < -0.3 is 0 Å². The lowest BCUT2D eigenvalue weighted by Gasteiger charge is -2.02. The molecule has 2 aromatic heterocycles. The largest absolute Gasteiger partial charge is 0.342 e. The van der Waals surface area contributed by atoms with E-state index in [-0.39, 0.29) is 18.5 Å². The fraction of sp³-hybridized carbons (Fsp3) is 0.176. The maximum atomic E-state index is 11.9. The molecule has 11 heteroatoms. The SMILES string of the molecule is Cc1nn(-c2ccccc2)c(Cl)c1/C=N\NC(=O)CCc1n[nH]c(=O)[nH]c1=O. The molecule has 144 valence electrons. The van der Waals surface area contributed by atoms with Gasteiger partial charge in [-0.15, -0.1) is 0 Å². The molecule has 2 heterocycles. The number of aromatic nitrogens is 5. The first-order valence-corrected chi connectivity index (χ1v) is 8.64. The van der Waals surface area contributed by atoms with Gasteiger partial charge in [-0.1, -0.05) is 29.8 Å². The molecule has 0 fully saturated rings. The van der Waals surface area contributed by atoms with Crippen LogP contribution in [0, 0.1) is 6.92 Å². The highest BCUT2D eigenvalue weighted by Crippen LogP contribution is 2.21. The summed E-state index contributed by atoms with van der Waals surface area (Å²) in [6, 6.07) is 9.38. The van der Waals surface area contributed by atoms with E-state index in [2.05, 4.69) is 25.8 Å². The van der Waals surface area contributed by atoms with Gasteiger partial charge in [0.1, 0.15) is 10.8 Å². The Morgan fingerprint density at radius 2 is 2.07 bits per heavy atom. The predicted molar refractivity (Wildman–Crippen MR) is 103 cm³/mol. The summed E-state index contributed by atoms with van der Waals surface area (Å²) in [5.74, 6) is -0.423. The van der Waals surface area contributed by atoms with Crippen molar-refractivity contribution < 1.29 is 4.79 Å². The Hall–Kier alpha value is -3.53. The number of amides is 1. The van der Waals surface area contributed by atoms with E-state index in [4.69, 9.17) is 11.6 Å². The summed E-state index contributed by atoms with van der Waals surface area (Å²) in [7, 11) is 0. The number of aryl methyl sites for hydroxylation is 2. The normalized spacial score (nSPS) is 11.1. The monoisotopic (exact) mass is 401 g/mol. The molecule has 28 heavy (non-hydrogen) atoms. The second kappa shape index (κ2) is 8.44. The smallest absolute Gasteiger partial charge is 0.273 e. The molecule has 3 rings (SSSR count). The van der Waals surface area contributed by atoms with Crippen LogP contribution in [0.25, 0.3) is 5.69 Å². The molecule has 1 amide bonds. The zero-order valence-electron chi connectivity index (χ0n) is 14.8. The minimum absolute atomic E-state index is 0.0323. The predicted octanol–water partition coefficient (Wildman–Crippen LogP) is 0.689. The molecule has 0 aliphatic heterocycles. The Labute approximate surface area is 163 Å². The molecular weight excluding hydrogens is 386 g/mol. The molecule has 0 bridgehead atoms. The highest BCUT2D eigenvalue weighted by atomic mass is 35.5. The summed E-state index contributed by atoms with van der Waals surface area (Å²) in [5.41, 5.74) is 3.11. The highest BCUT2D eigenvalue weighted by molar-refractivity contribution is 6.32. The number of nitrogens with one attached hydrogen (secondary N) is 3. The van der Waals surface area contributed by atoms with E-state index >= 15 is 0 Å². The van der Waals surface area contributed by atoms with E-state index in [1.807, 2.05) is 35.3 Å². The summed E-state index contributed by atoms with van der Waals surface area (Å²) >= 11 is 6.37. The van der Waals surface area contributed by atoms with Gasteiger partial charge in [0.15, 0.2) is 0 Å². The van der Waals surface area contributed by atoms with Crippen LogP contribution in [-0.4, -0.2) is 37.1 Å². The van der Waals surface area contributed by atoms with Crippen molar-refractivity contribution in [2.75, 3.05) is 0 Å². The zero-order valence-corrected chi connectivity index (χ0v) is 15.5. The fourth-order valence-corrected chi connectivity index (χ4v) is 2.72. The second-order valence-corrected chi connectivity index (χ2v) is 6.14. The summed E-state index contributed by atoms with van der Waals surface area (Å²) in [5, 5.41) is 14.4. The van der Waals surface area contributed by atoms with Crippen LogP contribution in [0.4, 0.5) is 0 Å². The number of hydrogen-bond acceptors (Lipinski definition) is 6. The Morgan fingerprint density at radius 3 is 2.79 bits per heavy atom. The van der Waals surface area contributed by atoms with Crippen molar-refractivity contribution in [3.63, 3.8) is 0 Å². The average Bonchev–Trinajstić information content (AvgIpc) is 2.96. The van der Waals surface area contributed by atoms with Crippen LogP contribution in [0.3, 0.4) is 0 Å². The van der Waals surface area contributed by atoms with Gasteiger partial charge >= 0.3 is 5.69 Å². The summed E-state index contributed by atoms with van der Waals surface area (Å²) in [6.07, 6.45) is 1.43. The van der Waals surface area contributed by atoms with Gasteiger partial charge in [0.05, 0.1) is 23.2 Å². The number of para-hydroxylation sites is 1. The lowest BCUT2D eigenvalue weighted by molar-refractivity contribution is -0.121. The van der Waals surface area contributed by atoms with Gasteiger partial charge in [-0.25, -0.2) is 20.0 Å². The number of hydrogen-bond donors (Lipinski definition) is 3. The number of carbonyl (C=O) groups excluding carboxylic acids is 1. The van der Waals surface area contributed by atoms with Gasteiger partial charge in [-0.3, -0.25) is 14.6 Å². The molecule has 0 saturated heterocycles. The van der Waals surface area contributed by atoms with Crippen molar-refractivity contribution in [2.24, 2.45) is 5.10 Å². The van der Waals surface area contributed by atoms with Crippen molar-refractivity contribution in [2.45, 2.75) is 19.8 Å². The lowest BCUT2D eigenvalue weighted by Crippen LogP contribution is -2.28. The number of rotatable bonds is 6. The van der Waals surface area contributed by atoms with Gasteiger partial charge in [0, 0.05) is 12.8 Å². The van der Waals surface area contributed by atoms with Crippen molar-refractivity contribution in [3.05, 3.63) is 73.3 Å². The van der Waals surface area contributed by atoms with Gasteiger partial charge in [0.2, 0.25) is 5.91 Å². The van der Waals surface area contributed by atoms with Crippen LogP contribution in [-0.2, 0) is 11.2 Å². The van der Waals surface area contributed by atoms with E-state index in [1.165, 1.54) is 6.21 Å². The van der Waals surface area contributed by atoms with Crippen LogP contribution >= 0.6 is 11.6 Å². The van der Waals surface area contributed by atoms with Crippen molar-refractivity contribution in [1.29, 1.82) is 0 Å². The number of halogens is 1. The molecule has 0 spiro atoms. The molecule has 3 N–H and O–H groups in total. The maximum Gasteiger partial charge on any atom is 0.342 e. The third-order valence-electron chi connectivity index (χ3n) is 3.80. The molecule has 3 aromatic rings. The summed E-state index contributed by atoms with van der Waals surface area (Å²) in [6.45, 7) is 1.78. The van der Waals surface area contributed by atoms with E-state index in [0.717, 1.165) is 5.69 Å². The number of benzene rings is 1. The molecule has 0 unspecified atom stereocenters. The first-order valence-electron chi connectivity index (χ1n) is 8.26. The Balaban J connectivity index is 1.63. The fourth-order valence-electron chi connectivity index (χ4n) is 2.40. The van der Waals surface area contributed by atoms with Crippen molar-refractivity contribution >= 4 is 23.7 Å². The Morgan fingerprint density at radius 1 is 1.32 bits per heavy atom. The zero-order chi connectivity index (χ0) is 20.1. The Kier molecular flexibility index (Phi) is 5.80. The minimum atomic E-state index is -0.703. The number of aromatic amines is 2. The van der Waals surface area contributed by atoms with E-state index in [0.29, 0.717) is 16.4 Å². The molecular formula is C17H16ClN7O3. The van der Waals surface area contributed by atoms with Crippen molar-refractivity contribution in [3.8, 4) is 5.69 Å². The topological polar surface area (TPSA) is 138 Å². The third kappa shape index (κ3) is 4.41. The molecule has 10 nitrogen and oxygen atoms in total. The summed E-state index contributed by atoms with van der Waals surface area (Å²) < 4.78 is 1.58. The van der Waals surface area contributed by atoms with Crippen LogP contribution in [0.15, 0.2) is 45.0 Å². The highest BCUT2D eigenvalue weighted by Gasteiger charge is 2.13. The molecule has 0 aliphatic rings. The second-order valence-electron chi connectivity index (χ2n) is 5.78. The maximum absolute atomic E-state index is 11.9. The first-order chi connectivity index (χ1) is 13.5. The van der Waals surface area contributed by atoms with E-state index in [9.17, 15) is 14.4 Å². The van der Waals surface area contributed by atoms with E-state index in [1.54, 1.807) is 11.6 Å². The molecule has 0 atom stereocenters. The first kappa shape index (κ1) is 19.2. The number of nitrogens with zero attached hydrogens (tertiary/aromatic N) is 4. The number of H-pyrrole nitrogens is 2.